The topological polar surface area (TPSA) is 12.5 Å². The van der Waals surface area contributed by atoms with Crippen molar-refractivity contribution in [2.24, 2.45) is 5.92 Å². The molecule has 1 aliphatic rings. The zero-order chi connectivity index (χ0) is 12.8. The lowest BCUT2D eigenvalue weighted by molar-refractivity contribution is 0.214. The van der Waals surface area contributed by atoms with Gasteiger partial charge in [-0.15, -0.1) is 11.6 Å². The van der Waals surface area contributed by atoms with Gasteiger partial charge in [0.15, 0.2) is 0 Å². The van der Waals surface area contributed by atoms with Crippen molar-refractivity contribution < 1.29 is 4.74 Å². The molecular formula is C15H22ClNO. The summed E-state index contributed by atoms with van der Waals surface area (Å²) in [6.07, 6.45) is 2.33. The van der Waals surface area contributed by atoms with Crippen LogP contribution in [0.4, 0.5) is 0 Å². The van der Waals surface area contributed by atoms with Crippen LogP contribution in [0.25, 0.3) is 0 Å². The molecule has 1 aromatic rings. The van der Waals surface area contributed by atoms with Gasteiger partial charge in [0.25, 0.3) is 0 Å². The Bertz CT molecular complexity index is 369. The normalized spacial score (nSPS) is 17.7. The van der Waals surface area contributed by atoms with E-state index >= 15 is 0 Å². The van der Waals surface area contributed by atoms with Crippen molar-refractivity contribution in [2.45, 2.75) is 26.3 Å². The number of hydrogen-bond acceptors (Lipinski definition) is 2. The van der Waals surface area contributed by atoms with E-state index in [0.29, 0.717) is 5.92 Å². The first-order chi connectivity index (χ1) is 8.79. The Kier molecular flexibility index (Phi) is 5.33. The highest BCUT2D eigenvalue weighted by Gasteiger charge is 2.15. The third-order valence-corrected chi connectivity index (χ3v) is 3.79. The fraction of sp³-hybridized carbons (Fsp3) is 0.600. The van der Waals surface area contributed by atoms with E-state index in [4.69, 9.17) is 16.3 Å². The summed E-state index contributed by atoms with van der Waals surface area (Å²) >= 11 is 5.78. The molecule has 0 spiro atoms. The Balaban J connectivity index is 1.88. The molecule has 1 heterocycles. The van der Waals surface area contributed by atoms with Crippen molar-refractivity contribution in [1.29, 1.82) is 0 Å². The van der Waals surface area contributed by atoms with Crippen LogP contribution in [-0.4, -0.2) is 30.5 Å². The van der Waals surface area contributed by atoms with Crippen molar-refractivity contribution in [1.82, 2.24) is 4.90 Å². The van der Waals surface area contributed by atoms with E-state index in [9.17, 15) is 0 Å². The van der Waals surface area contributed by atoms with E-state index in [1.807, 2.05) is 6.07 Å². The largest absolute Gasteiger partial charge is 0.492 e. The van der Waals surface area contributed by atoms with Gasteiger partial charge in [0.05, 0.1) is 0 Å². The smallest absolute Gasteiger partial charge is 0.123 e. The molecule has 1 unspecified atom stereocenters. The van der Waals surface area contributed by atoms with Crippen molar-refractivity contribution in [2.75, 3.05) is 25.6 Å². The van der Waals surface area contributed by atoms with Gasteiger partial charge in [-0.25, -0.2) is 0 Å². The van der Waals surface area contributed by atoms with E-state index < -0.39 is 0 Å². The van der Waals surface area contributed by atoms with Gasteiger partial charge in [-0.1, -0.05) is 25.1 Å². The summed E-state index contributed by atoms with van der Waals surface area (Å²) < 4.78 is 5.77. The van der Waals surface area contributed by atoms with E-state index in [1.54, 1.807) is 0 Å². The lowest BCUT2D eigenvalue weighted by Crippen LogP contribution is -2.27. The predicted octanol–water partition coefficient (Wildman–Crippen LogP) is 3.54. The zero-order valence-corrected chi connectivity index (χ0v) is 11.8. The van der Waals surface area contributed by atoms with Gasteiger partial charge in [-0.05, 0) is 31.4 Å². The molecule has 0 saturated carbocycles. The van der Waals surface area contributed by atoms with Crippen molar-refractivity contribution >= 4 is 11.6 Å². The Morgan fingerprint density at radius 2 is 2.17 bits per heavy atom. The van der Waals surface area contributed by atoms with E-state index in [2.05, 4.69) is 30.0 Å². The van der Waals surface area contributed by atoms with E-state index in [-0.39, 0.29) is 0 Å². The monoisotopic (exact) mass is 267 g/mol. The number of para-hydroxylation sites is 1. The fourth-order valence-electron chi connectivity index (χ4n) is 2.30. The Labute approximate surface area is 115 Å². The van der Waals surface area contributed by atoms with Crippen LogP contribution in [0.2, 0.25) is 0 Å². The molecule has 0 amide bonds. The van der Waals surface area contributed by atoms with Gasteiger partial charge >= 0.3 is 0 Å². The zero-order valence-electron chi connectivity index (χ0n) is 11.1. The second kappa shape index (κ2) is 7.01. The lowest BCUT2D eigenvalue weighted by atomic mass is 10.0. The van der Waals surface area contributed by atoms with Crippen LogP contribution in [0.1, 0.15) is 25.3 Å². The summed E-state index contributed by atoms with van der Waals surface area (Å²) in [5.41, 5.74) is 1.31. The van der Waals surface area contributed by atoms with Crippen LogP contribution in [-0.2, 0) is 6.54 Å². The molecular weight excluding hydrogens is 246 g/mol. The number of halogens is 1. The minimum Gasteiger partial charge on any atom is -0.492 e. The van der Waals surface area contributed by atoms with Crippen LogP contribution in [0, 0.1) is 5.92 Å². The average molecular weight is 268 g/mol. The standard InChI is InChI=1S/C15H22ClNO/c1-13(6-8-16)7-9-17-10-11-18-15-5-3-2-4-14(15)12-17/h2-5,13H,6-12H2,1H3. The van der Waals surface area contributed by atoms with Gasteiger partial charge < -0.3 is 4.74 Å². The maximum Gasteiger partial charge on any atom is 0.123 e. The third kappa shape index (κ3) is 3.89. The maximum absolute atomic E-state index is 5.78. The molecule has 0 N–H and O–H groups in total. The number of fused-ring (bicyclic) bond motifs is 1. The molecule has 2 rings (SSSR count). The van der Waals surface area contributed by atoms with E-state index in [0.717, 1.165) is 44.3 Å². The number of benzene rings is 1. The number of ether oxygens (including phenoxy) is 1. The van der Waals surface area contributed by atoms with Crippen LogP contribution >= 0.6 is 11.6 Å². The highest BCUT2D eigenvalue weighted by molar-refractivity contribution is 6.17. The number of nitrogens with zero attached hydrogens (tertiary/aromatic N) is 1. The van der Waals surface area contributed by atoms with Crippen LogP contribution in [0.15, 0.2) is 24.3 Å². The highest BCUT2D eigenvalue weighted by Crippen LogP contribution is 2.22. The molecule has 1 aromatic carbocycles. The number of rotatable bonds is 5. The predicted molar refractivity (Wildman–Crippen MR) is 76.3 cm³/mol. The van der Waals surface area contributed by atoms with Gasteiger partial charge in [-0.2, -0.15) is 0 Å². The first kappa shape index (κ1) is 13.7. The minimum absolute atomic E-state index is 0.710. The summed E-state index contributed by atoms with van der Waals surface area (Å²) in [7, 11) is 0. The summed E-state index contributed by atoms with van der Waals surface area (Å²) in [4.78, 5) is 2.48. The Morgan fingerprint density at radius 1 is 1.33 bits per heavy atom. The average Bonchev–Trinajstić information content (AvgIpc) is 2.58. The molecule has 0 aromatic heterocycles. The molecule has 0 saturated heterocycles. The van der Waals surface area contributed by atoms with Crippen molar-refractivity contribution in [3.8, 4) is 5.75 Å². The second-order valence-electron chi connectivity index (χ2n) is 5.10. The Hall–Kier alpha value is -0.730. The van der Waals surface area contributed by atoms with Gasteiger partial charge in [0.2, 0.25) is 0 Å². The minimum atomic E-state index is 0.710. The SMILES string of the molecule is CC(CCCl)CCN1CCOc2ccccc2C1. The molecule has 0 bridgehead atoms. The quantitative estimate of drug-likeness (QED) is 0.757. The van der Waals surface area contributed by atoms with Crippen LogP contribution in [0.3, 0.4) is 0 Å². The van der Waals surface area contributed by atoms with Crippen molar-refractivity contribution in [3.05, 3.63) is 29.8 Å². The van der Waals surface area contributed by atoms with Gasteiger partial charge in [0.1, 0.15) is 12.4 Å². The maximum atomic E-state index is 5.78. The molecule has 1 aliphatic heterocycles. The highest BCUT2D eigenvalue weighted by atomic mass is 35.5. The molecule has 18 heavy (non-hydrogen) atoms. The first-order valence-corrected chi connectivity index (χ1v) is 7.32. The summed E-state index contributed by atoms with van der Waals surface area (Å²) in [6, 6.07) is 8.35. The molecule has 0 fully saturated rings. The van der Waals surface area contributed by atoms with Crippen molar-refractivity contribution in [3.63, 3.8) is 0 Å². The molecule has 0 radical (unpaired) electrons. The first-order valence-electron chi connectivity index (χ1n) is 6.78. The fourth-order valence-corrected chi connectivity index (χ4v) is 2.68. The lowest BCUT2D eigenvalue weighted by Gasteiger charge is -2.21. The molecule has 100 valence electrons. The van der Waals surface area contributed by atoms with Crippen LogP contribution in [0.5, 0.6) is 5.75 Å². The van der Waals surface area contributed by atoms with Crippen LogP contribution < -0.4 is 4.74 Å². The molecule has 1 atom stereocenters. The van der Waals surface area contributed by atoms with Gasteiger partial charge in [-0.3, -0.25) is 4.90 Å². The summed E-state index contributed by atoms with van der Waals surface area (Å²) in [5.74, 6) is 2.53. The Morgan fingerprint density at radius 3 is 3.00 bits per heavy atom. The molecule has 3 heteroatoms. The van der Waals surface area contributed by atoms with Gasteiger partial charge in [0, 0.05) is 24.5 Å². The van der Waals surface area contributed by atoms with E-state index in [1.165, 1.54) is 12.0 Å². The summed E-state index contributed by atoms with van der Waals surface area (Å²) in [6.45, 7) is 6.23. The third-order valence-electron chi connectivity index (χ3n) is 3.57. The summed E-state index contributed by atoms with van der Waals surface area (Å²) in [5, 5.41) is 0. The molecule has 2 nitrogen and oxygen atoms in total. The number of alkyl halides is 1. The second-order valence-corrected chi connectivity index (χ2v) is 5.48. The number of hydrogen-bond donors (Lipinski definition) is 0. The molecule has 0 aliphatic carbocycles.